The van der Waals surface area contributed by atoms with Gasteiger partial charge in [-0.1, -0.05) is 5.16 Å². The van der Waals surface area contributed by atoms with Crippen LogP contribution in [0.4, 0.5) is 11.4 Å². The summed E-state index contributed by atoms with van der Waals surface area (Å²) in [6.07, 6.45) is 0. The number of rotatable bonds is 4. The Hall–Kier alpha value is -2.50. The summed E-state index contributed by atoms with van der Waals surface area (Å²) in [6.45, 7) is 5.72. The van der Waals surface area contributed by atoms with E-state index in [2.05, 4.69) is 10.5 Å². The van der Waals surface area contributed by atoms with Crippen molar-refractivity contribution in [3.05, 3.63) is 40.8 Å². The van der Waals surface area contributed by atoms with E-state index in [9.17, 15) is 4.79 Å². The molecule has 0 spiro atoms. The number of methoxy groups -OCH3 is 1. The van der Waals surface area contributed by atoms with E-state index in [-0.39, 0.29) is 6.04 Å². The molecule has 0 aliphatic carbocycles. The fourth-order valence-electron chi connectivity index (χ4n) is 2.38. The topological polar surface area (TPSA) is 90.4 Å². The van der Waals surface area contributed by atoms with Gasteiger partial charge in [0, 0.05) is 16.9 Å². The van der Waals surface area contributed by atoms with E-state index in [0.29, 0.717) is 16.9 Å². The number of nitrogens with two attached hydrogens (primary N) is 1. The standard InChI is InChI=1S/C15H19N3O3/c1-8(14-9(2)18-21-10(14)3)17-13-6-5-11(16)7-12(13)15(19)20-4/h5-8,17H,16H2,1-4H3. The molecule has 1 heterocycles. The van der Waals surface area contributed by atoms with Gasteiger partial charge in [0.25, 0.3) is 0 Å². The fourth-order valence-corrected chi connectivity index (χ4v) is 2.38. The van der Waals surface area contributed by atoms with Crippen LogP contribution in [0.5, 0.6) is 0 Å². The highest BCUT2D eigenvalue weighted by Crippen LogP contribution is 2.28. The van der Waals surface area contributed by atoms with Crippen molar-refractivity contribution in [3.8, 4) is 0 Å². The van der Waals surface area contributed by atoms with Gasteiger partial charge in [0.1, 0.15) is 5.76 Å². The zero-order valence-electron chi connectivity index (χ0n) is 12.6. The van der Waals surface area contributed by atoms with Crippen LogP contribution in [0.3, 0.4) is 0 Å². The molecule has 6 nitrogen and oxygen atoms in total. The predicted octanol–water partition coefficient (Wildman–Crippen LogP) is 2.83. The molecule has 112 valence electrons. The summed E-state index contributed by atoms with van der Waals surface area (Å²) in [4.78, 5) is 11.8. The number of aryl methyl sites for hydroxylation is 2. The Morgan fingerprint density at radius 3 is 2.71 bits per heavy atom. The van der Waals surface area contributed by atoms with Crippen LogP contribution in [0, 0.1) is 13.8 Å². The third kappa shape index (κ3) is 2.99. The molecule has 0 radical (unpaired) electrons. The van der Waals surface area contributed by atoms with Crippen molar-refractivity contribution in [2.75, 3.05) is 18.2 Å². The summed E-state index contributed by atoms with van der Waals surface area (Å²) in [5, 5.41) is 7.22. The molecule has 1 aromatic heterocycles. The van der Waals surface area contributed by atoms with Crippen molar-refractivity contribution >= 4 is 17.3 Å². The lowest BCUT2D eigenvalue weighted by Crippen LogP contribution is -2.13. The molecule has 1 atom stereocenters. The summed E-state index contributed by atoms with van der Waals surface area (Å²) in [5.74, 6) is 0.318. The lowest BCUT2D eigenvalue weighted by molar-refractivity contribution is 0.0602. The van der Waals surface area contributed by atoms with Crippen LogP contribution < -0.4 is 11.1 Å². The number of nitrogens with one attached hydrogen (secondary N) is 1. The molecule has 0 amide bonds. The van der Waals surface area contributed by atoms with E-state index < -0.39 is 5.97 Å². The van der Waals surface area contributed by atoms with E-state index in [4.69, 9.17) is 15.0 Å². The summed E-state index contributed by atoms with van der Waals surface area (Å²) in [7, 11) is 1.34. The minimum absolute atomic E-state index is 0.0664. The highest BCUT2D eigenvalue weighted by atomic mass is 16.5. The van der Waals surface area contributed by atoms with Crippen LogP contribution in [0.1, 0.15) is 40.3 Å². The van der Waals surface area contributed by atoms with Crippen LogP contribution in [-0.4, -0.2) is 18.2 Å². The van der Waals surface area contributed by atoms with Gasteiger partial charge < -0.3 is 20.3 Å². The molecule has 2 rings (SSSR count). The van der Waals surface area contributed by atoms with Crippen LogP contribution in [0.2, 0.25) is 0 Å². The summed E-state index contributed by atoms with van der Waals surface area (Å²) < 4.78 is 9.96. The molecule has 0 bridgehead atoms. The average molecular weight is 289 g/mol. The second kappa shape index (κ2) is 5.87. The number of nitrogens with zero attached hydrogens (tertiary/aromatic N) is 1. The maximum atomic E-state index is 11.8. The lowest BCUT2D eigenvalue weighted by atomic mass is 10.1. The van der Waals surface area contributed by atoms with E-state index in [0.717, 1.165) is 17.0 Å². The van der Waals surface area contributed by atoms with Gasteiger partial charge in [-0.05, 0) is 39.0 Å². The van der Waals surface area contributed by atoms with Gasteiger partial charge >= 0.3 is 5.97 Å². The van der Waals surface area contributed by atoms with Crippen molar-refractivity contribution < 1.29 is 14.1 Å². The third-order valence-electron chi connectivity index (χ3n) is 3.34. The highest BCUT2D eigenvalue weighted by Gasteiger charge is 2.19. The Morgan fingerprint density at radius 1 is 1.43 bits per heavy atom. The molecule has 1 aromatic carbocycles. The normalized spacial score (nSPS) is 12.0. The molecule has 6 heteroatoms. The SMILES string of the molecule is COC(=O)c1cc(N)ccc1NC(C)c1c(C)noc1C. The molecule has 0 saturated carbocycles. The summed E-state index contributed by atoms with van der Waals surface area (Å²) in [5.41, 5.74) is 9.09. The number of nitrogen functional groups attached to an aromatic ring is 1. The van der Waals surface area contributed by atoms with E-state index in [1.165, 1.54) is 7.11 Å². The molecule has 0 aliphatic heterocycles. The van der Waals surface area contributed by atoms with Crippen LogP contribution in [0.25, 0.3) is 0 Å². The van der Waals surface area contributed by atoms with Crippen LogP contribution in [0.15, 0.2) is 22.7 Å². The summed E-state index contributed by atoms with van der Waals surface area (Å²) >= 11 is 0. The van der Waals surface area contributed by atoms with E-state index in [1.54, 1.807) is 18.2 Å². The van der Waals surface area contributed by atoms with Crippen LogP contribution in [-0.2, 0) is 4.74 Å². The average Bonchev–Trinajstić information content (AvgIpc) is 2.79. The first-order valence-electron chi connectivity index (χ1n) is 6.61. The van der Waals surface area contributed by atoms with Crippen molar-refractivity contribution in [2.24, 2.45) is 0 Å². The molecule has 0 saturated heterocycles. The number of hydrogen-bond acceptors (Lipinski definition) is 6. The second-order valence-corrected chi connectivity index (χ2v) is 4.90. The monoisotopic (exact) mass is 289 g/mol. The Morgan fingerprint density at radius 2 is 2.14 bits per heavy atom. The van der Waals surface area contributed by atoms with Crippen molar-refractivity contribution in [3.63, 3.8) is 0 Å². The number of hydrogen-bond donors (Lipinski definition) is 2. The van der Waals surface area contributed by atoms with Crippen molar-refractivity contribution in [1.82, 2.24) is 5.16 Å². The molecular weight excluding hydrogens is 270 g/mol. The number of carbonyl (C=O) groups is 1. The molecule has 21 heavy (non-hydrogen) atoms. The smallest absolute Gasteiger partial charge is 0.340 e. The third-order valence-corrected chi connectivity index (χ3v) is 3.34. The number of esters is 1. The Kier molecular flexibility index (Phi) is 4.16. The molecule has 2 aromatic rings. The molecular formula is C15H19N3O3. The van der Waals surface area contributed by atoms with E-state index >= 15 is 0 Å². The molecule has 1 unspecified atom stereocenters. The van der Waals surface area contributed by atoms with Crippen molar-refractivity contribution in [2.45, 2.75) is 26.8 Å². The number of benzene rings is 1. The maximum Gasteiger partial charge on any atom is 0.340 e. The van der Waals surface area contributed by atoms with Gasteiger partial charge in [-0.15, -0.1) is 0 Å². The lowest BCUT2D eigenvalue weighted by Gasteiger charge is -2.17. The number of anilines is 2. The van der Waals surface area contributed by atoms with Gasteiger partial charge in [0.05, 0.1) is 24.4 Å². The Balaban J connectivity index is 2.33. The Bertz CT molecular complexity index is 645. The minimum Gasteiger partial charge on any atom is -0.465 e. The second-order valence-electron chi connectivity index (χ2n) is 4.90. The number of aromatic nitrogens is 1. The quantitative estimate of drug-likeness (QED) is 0.664. The Labute approximate surface area is 123 Å². The zero-order valence-corrected chi connectivity index (χ0v) is 12.6. The van der Waals surface area contributed by atoms with E-state index in [1.807, 2.05) is 20.8 Å². The molecule has 3 N–H and O–H groups in total. The first-order valence-corrected chi connectivity index (χ1v) is 6.61. The van der Waals surface area contributed by atoms with Gasteiger partial charge in [0.2, 0.25) is 0 Å². The highest BCUT2D eigenvalue weighted by molar-refractivity contribution is 5.96. The largest absolute Gasteiger partial charge is 0.465 e. The molecule has 0 fully saturated rings. The van der Waals surface area contributed by atoms with Gasteiger partial charge in [0.15, 0.2) is 0 Å². The molecule has 0 aliphatic rings. The van der Waals surface area contributed by atoms with Crippen LogP contribution >= 0.6 is 0 Å². The first kappa shape index (κ1) is 14.9. The van der Waals surface area contributed by atoms with Gasteiger partial charge in [-0.3, -0.25) is 0 Å². The maximum absolute atomic E-state index is 11.8. The van der Waals surface area contributed by atoms with Crippen molar-refractivity contribution in [1.29, 1.82) is 0 Å². The number of carbonyl (C=O) groups excluding carboxylic acids is 1. The minimum atomic E-state index is -0.434. The zero-order chi connectivity index (χ0) is 15.6. The predicted molar refractivity (Wildman–Crippen MR) is 80.2 cm³/mol. The van der Waals surface area contributed by atoms with Gasteiger partial charge in [-0.25, -0.2) is 4.79 Å². The van der Waals surface area contributed by atoms with Gasteiger partial charge in [-0.2, -0.15) is 0 Å². The first-order chi connectivity index (χ1) is 9.93. The fraction of sp³-hybridized carbons (Fsp3) is 0.333. The summed E-state index contributed by atoms with van der Waals surface area (Å²) in [6, 6.07) is 5.02. The number of ether oxygens (including phenoxy) is 1.